The second-order valence-electron chi connectivity index (χ2n) is 12.2. The standard InChI is InChI=1S/C42H28N2/c1-2-10-27(11-3-1)28-17-20-33-31-12-4-6-14-35(31)42(37(33)24-28)36-15-7-5-13-32(36)34-21-18-29(25-38(34)42)30-19-22-39-40(26-30)44-23-9-8-16-41(44)43-39/h1-26,41,43H. The van der Waals surface area contributed by atoms with Gasteiger partial charge in [0.05, 0.1) is 16.8 Å². The van der Waals surface area contributed by atoms with Gasteiger partial charge in [-0.3, -0.25) is 0 Å². The summed E-state index contributed by atoms with van der Waals surface area (Å²) in [5, 5.41) is 3.64. The number of hydrogen-bond acceptors (Lipinski definition) is 2. The van der Waals surface area contributed by atoms with Crippen molar-refractivity contribution in [3.05, 3.63) is 180 Å². The fraction of sp³-hybridized carbons (Fsp3) is 0.0476. The lowest BCUT2D eigenvalue weighted by Crippen LogP contribution is -2.30. The molecule has 2 atom stereocenters. The summed E-state index contributed by atoms with van der Waals surface area (Å²) >= 11 is 0. The number of rotatable bonds is 2. The number of anilines is 2. The van der Waals surface area contributed by atoms with Crippen molar-refractivity contribution in [2.45, 2.75) is 11.6 Å². The van der Waals surface area contributed by atoms with Crippen molar-refractivity contribution in [3.63, 3.8) is 0 Å². The van der Waals surface area contributed by atoms with E-state index < -0.39 is 0 Å². The summed E-state index contributed by atoms with van der Waals surface area (Å²) in [6.45, 7) is 0. The van der Waals surface area contributed by atoms with Gasteiger partial charge in [0, 0.05) is 6.20 Å². The molecule has 1 N–H and O–H groups in total. The Balaban J connectivity index is 1.23. The minimum Gasteiger partial charge on any atom is -0.360 e. The maximum atomic E-state index is 3.64. The first-order valence-corrected chi connectivity index (χ1v) is 15.4. The van der Waals surface area contributed by atoms with Gasteiger partial charge in [-0.05, 0) is 103 Å². The molecule has 0 fully saturated rings. The highest BCUT2D eigenvalue weighted by Crippen LogP contribution is 2.63. The second-order valence-corrected chi connectivity index (χ2v) is 12.2. The zero-order valence-corrected chi connectivity index (χ0v) is 24.0. The predicted molar refractivity (Wildman–Crippen MR) is 182 cm³/mol. The molecule has 0 radical (unpaired) electrons. The van der Waals surface area contributed by atoms with E-state index in [0.717, 1.165) is 0 Å². The molecular formula is C42H28N2. The topological polar surface area (TPSA) is 15.3 Å². The zero-order chi connectivity index (χ0) is 28.8. The Labute approximate surface area is 257 Å². The van der Waals surface area contributed by atoms with E-state index in [-0.39, 0.29) is 11.6 Å². The molecule has 0 aromatic heterocycles. The van der Waals surface area contributed by atoms with E-state index in [2.05, 4.69) is 168 Å². The molecule has 2 aliphatic carbocycles. The van der Waals surface area contributed by atoms with Gasteiger partial charge in [0.15, 0.2) is 0 Å². The first-order valence-electron chi connectivity index (χ1n) is 15.4. The number of nitrogens with one attached hydrogen (secondary N) is 1. The number of fused-ring (bicyclic) bond motifs is 13. The molecule has 0 amide bonds. The fourth-order valence-corrected chi connectivity index (χ4v) is 8.18. The van der Waals surface area contributed by atoms with Gasteiger partial charge in [-0.15, -0.1) is 0 Å². The van der Waals surface area contributed by atoms with Crippen molar-refractivity contribution in [1.29, 1.82) is 0 Å². The molecule has 206 valence electrons. The molecule has 6 aromatic rings. The van der Waals surface area contributed by atoms with Crippen LogP contribution in [0.25, 0.3) is 44.5 Å². The van der Waals surface area contributed by atoms with Gasteiger partial charge in [0.25, 0.3) is 0 Å². The average molecular weight is 561 g/mol. The first-order chi connectivity index (χ1) is 21.8. The molecule has 2 aliphatic heterocycles. The van der Waals surface area contributed by atoms with Crippen LogP contribution in [0.5, 0.6) is 0 Å². The predicted octanol–water partition coefficient (Wildman–Crippen LogP) is 10.0. The third-order valence-electron chi connectivity index (χ3n) is 10.1. The number of hydrogen-bond donors (Lipinski definition) is 1. The van der Waals surface area contributed by atoms with Crippen LogP contribution in [0.15, 0.2) is 158 Å². The molecule has 6 aromatic carbocycles. The Kier molecular flexibility index (Phi) is 4.74. The van der Waals surface area contributed by atoms with E-state index in [1.807, 2.05) is 0 Å². The largest absolute Gasteiger partial charge is 0.360 e. The lowest BCUT2D eigenvalue weighted by Gasteiger charge is -2.31. The van der Waals surface area contributed by atoms with Crippen molar-refractivity contribution in [2.24, 2.45) is 0 Å². The smallest absolute Gasteiger partial charge is 0.123 e. The van der Waals surface area contributed by atoms with Crippen molar-refractivity contribution in [3.8, 4) is 44.5 Å². The summed E-state index contributed by atoms with van der Waals surface area (Å²) in [7, 11) is 0. The molecular weight excluding hydrogens is 532 g/mol. The van der Waals surface area contributed by atoms with Gasteiger partial charge in [-0.25, -0.2) is 0 Å². The van der Waals surface area contributed by atoms with Crippen molar-refractivity contribution in [1.82, 2.24) is 0 Å². The highest BCUT2D eigenvalue weighted by Gasteiger charge is 2.51. The van der Waals surface area contributed by atoms with Crippen LogP contribution >= 0.6 is 0 Å². The highest BCUT2D eigenvalue weighted by atomic mass is 15.3. The number of benzene rings is 6. The number of allylic oxidation sites excluding steroid dienone is 2. The van der Waals surface area contributed by atoms with Crippen molar-refractivity contribution >= 4 is 11.4 Å². The summed E-state index contributed by atoms with van der Waals surface area (Å²) in [5.41, 5.74) is 17.8. The second kappa shape index (κ2) is 8.72. The summed E-state index contributed by atoms with van der Waals surface area (Å²) in [4.78, 5) is 2.32. The molecule has 4 aliphatic rings. The van der Waals surface area contributed by atoms with Crippen molar-refractivity contribution < 1.29 is 0 Å². The summed E-state index contributed by atoms with van der Waals surface area (Å²) in [5.74, 6) is 0. The zero-order valence-electron chi connectivity index (χ0n) is 24.0. The normalized spacial score (nSPS) is 19.2. The van der Waals surface area contributed by atoms with E-state index in [4.69, 9.17) is 0 Å². The molecule has 0 bridgehead atoms. The van der Waals surface area contributed by atoms with Crippen LogP contribution in [0.1, 0.15) is 22.3 Å². The fourth-order valence-electron chi connectivity index (χ4n) is 8.18. The molecule has 2 heterocycles. The van der Waals surface area contributed by atoms with E-state index in [1.54, 1.807) is 0 Å². The first kappa shape index (κ1) is 23.9. The van der Waals surface area contributed by atoms with Gasteiger partial charge < -0.3 is 10.2 Å². The van der Waals surface area contributed by atoms with Gasteiger partial charge in [-0.2, -0.15) is 0 Å². The van der Waals surface area contributed by atoms with Crippen LogP contribution in [0.4, 0.5) is 11.4 Å². The minimum absolute atomic E-state index is 0.174. The third-order valence-corrected chi connectivity index (χ3v) is 10.1. The van der Waals surface area contributed by atoms with Crippen LogP contribution in [0.2, 0.25) is 0 Å². The Hall–Kier alpha value is -5.60. The van der Waals surface area contributed by atoms with Gasteiger partial charge in [-0.1, -0.05) is 115 Å². The van der Waals surface area contributed by atoms with Gasteiger partial charge >= 0.3 is 0 Å². The van der Waals surface area contributed by atoms with Crippen LogP contribution < -0.4 is 10.2 Å². The Morgan fingerprint density at radius 1 is 0.477 bits per heavy atom. The third kappa shape index (κ3) is 3.04. The highest BCUT2D eigenvalue weighted by molar-refractivity contribution is 5.97. The van der Waals surface area contributed by atoms with Crippen LogP contribution in [0.3, 0.4) is 0 Å². The SMILES string of the molecule is C1=CC2Nc3ccc(-c4ccc5c(c4)C4(c6ccccc6-c6ccc(-c7ccccc7)cc64)c4ccccc4-5)cc3N2C=C1. The average Bonchev–Trinajstić information content (AvgIpc) is 3.72. The van der Waals surface area contributed by atoms with Crippen molar-refractivity contribution in [2.75, 3.05) is 10.2 Å². The van der Waals surface area contributed by atoms with E-state index in [9.17, 15) is 0 Å². The van der Waals surface area contributed by atoms with Gasteiger partial charge in [0.2, 0.25) is 0 Å². The Morgan fingerprint density at radius 2 is 1.05 bits per heavy atom. The van der Waals surface area contributed by atoms with E-state index in [1.165, 1.54) is 78.1 Å². The molecule has 2 nitrogen and oxygen atoms in total. The van der Waals surface area contributed by atoms with E-state index >= 15 is 0 Å². The molecule has 44 heavy (non-hydrogen) atoms. The van der Waals surface area contributed by atoms with Crippen LogP contribution in [0, 0.1) is 0 Å². The Bertz CT molecular complexity index is 2210. The maximum Gasteiger partial charge on any atom is 0.123 e. The summed E-state index contributed by atoms with van der Waals surface area (Å²) in [6.07, 6.45) is 8.76. The number of nitrogens with zero attached hydrogens (tertiary/aromatic N) is 1. The quantitative estimate of drug-likeness (QED) is 0.226. The lowest BCUT2D eigenvalue weighted by atomic mass is 9.70. The molecule has 2 unspecified atom stereocenters. The minimum atomic E-state index is -0.386. The molecule has 0 saturated carbocycles. The Morgan fingerprint density at radius 3 is 1.75 bits per heavy atom. The van der Waals surface area contributed by atoms with Crippen LogP contribution in [-0.2, 0) is 5.41 Å². The monoisotopic (exact) mass is 560 g/mol. The molecule has 10 rings (SSSR count). The van der Waals surface area contributed by atoms with E-state index in [0.29, 0.717) is 0 Å². The molecule has 0 saturated heterocycles. The van der Waals surface area contributed by atoms with Crippen LogP contribution in [-0.4, -0.2) is 6.17 Å². The maximum absolute atomic E-state index is 3.64. The summed E-state index contributed by atoms with van der Waals surface area (Å²) in [6, 6.07) is 50.0. The summed E-state index contributed by atoms with van der Waals surface area (Å²) < 4.78 is 0. The molecule has 2 heteroatoms. The molecule has 1 spiro atoms. The lowest BCUT2D eigenvalue weighted by molar-refractivity contribution is 0.794. The van der Waals surface area contributed by atoms with Gasteiger partial charge in [0.1, 0.15) is 6.17 Å².